The highest BCUT2D eigenvalue weighted by Gasteiger charge is 1.94. The van der Waals surface area contributed by atoms with Crippen molar-refractivity contribution < 1.29 is 0 Å². The van der Waals surface area contributed by atoms with Crippen LogP contribution in [-0.2, 0) is 0 Å². The van der Waals surface area contributed by atoms with Crippen LogP contribution in [0, 0.1) is 0 Å². The number of hydrogen-bond donors (Lipinski definition) is 0. The molecule has 0 spiro atoms. The molecule has 0 saturated carbocycles. The average Bonchev–Trinajstić information content (AvgIpc) is 2.05. The maximum absolute atomic E-state index is 4.73. The highest BCUT2D eigenvalue weighted by Crippen LogP contribution is 1.99. The van der Waals surface area contributed by atoms with Crippen molar-refractivity contribution in [2.75, 3.05) is 13.1 Å². The summed E-state index contributed by atoms with van der Waals surface area (Å²) in [5.74, 6) is 0. The molecule has 0 unspecified atom stereocenters. The van der Waals surface area contributed by atoms with E-state index in [1.54, 1.807) is 0 Å². The molecule has 0 bridgehead atoms. The van der Waals surface area contributed by atoms with Gasteiger partial charge in [0, 0.05) is 13.1 Å². The van der Waals surface area contributed by atoms with Gasteiger partial charge >= 0.3 is 0 Å². The molecule has 1 radical (unpaired) electrons. The molecule has 0 aliphatic heterocycles. The van der Waals surface area contributed by atoms with E-state index >= 15 is 0 Å². The fraction of sp³-hybridized carbons (Fsp3) is 0.889. The highest BCUT2D eigenvalue weighted by atomic mass is 32.1. The Labute approximate surface area is 75.8 Å². The van der Waals surface area contributed by atoms with Crippen molar-refractivity contribution in [3.63, 3.8) is 0 Å². The summed E-state index contributed by atoms with van der Waals surface area (Å²) >= 11 is 4.73. The van der Waals surface area contributed by atoms with E-state index in [0.717, 1.165) is 13.1 Å². The van der Waals surface area contributed by atoms with Crippen LogP contribution in [0.25, 0.3) is 0 Å². The van der Waals surface area contributed by atoms with Crippen LogP contribution < -0.4 is 0 Å². The van der Waals surface area contributed by atoms with Gasteiger partial charge in [0.25, 0.3) is 0 Å². The first-order valence-corrected chi connectivity index (χ1v) is 4.88. The number of unbranched alkanes of at least 4 members (excludes halogenated alkanes) is 3. The molecule has 0 rings (SSSR count). The molecule has 1 nitrogen and oxygen atoms in total. The van der Waals surface area contributed by atoms with E-state index in [-0.39, 0.29) is 0 Å². The zero-order chi connectivity index (χ0) is 8.53. The topological polar surface area (TPSA) is 3.24 Å². The molecule has 11 heavy (non-hydrogen) atoms. The Balaban J connectivity index is 3.14. The van der Waals surface area contributed by atoms with Crippen molar-refractivity contribution in [3.8, 4) is 0 Å². The Morgan fingerprint density at radius 1 is 1.18 bits per heavy atom. The Hall–Kier alpha value is -0.110. The van der Waals surface area contributed by atoms with Crippen molar-refractivity contribution in [1.29, 1.82) is 0 Å². The molecule has 0 saturated heterocycles. The van der Waals surface area contributed by atoms with Gasteiger partial charge in [-0.2, -0.15) is 0 Å². The normalized spacial score (nSPS) is 9.64. The Morgan fingerprint density at radius 2 is 1.91 bits per heavy atom. The molecule has 0 N–H and O–H groups in total. The first-order valence-electron chi connectivity index (χ1n) is 4.47. The molecule has 0 fully saturated rings. The van der Waals surface area contributed by atoms with Gasteiger partial charge in [0.05, 0.1) is 0 Å². The minimum Gasteiger partial charge on any atom is -0.361 e. The van der Waals surface area contributed by atoms with Crippen LogP contribution in [-0.4, -0.2) is 23.5 Å². The average molecular weight is 172 g/mol. The van der Waals surface area contributed by atoms with Crippen molar-refractivity contribution in [2.45, 2.75) is 39.5 Å². The zero-order valence-electron chi connectivity index (χ0n) is 7.60. The second-order valence-corrected chi connectivity index (χ2v) is 2.91. The van der Waals surface area contributed by atoms with Gasteiger partial charge in [-0.3, -0.25) is 0 Å². The summed E-state index contributed by atoms with van der Waals surface area (Å²) in [7, 11) is 0. The van der Waals surface area contributed by atoms with Gasteiger partial charge in [-0.1, -0.05) is 38.4 Å². The maximum atomic E-state index is 4.73. The van der Waals surface area contributed by atoms with Crippen molar-refractivity contribution in [1.82, 2.24) is 4.90 Å². The van der Waals surface area contributed by atoms with Gasteiger partial charge in [0.15, 0.2) is 0 Å². The van der Waals surface area contributed by atoms with Gasteiger partial charge in [0.1, 0.15) is 5.49 Å². The van der Waals surface area contributed by atoms with Gasteiger partial charge in [-0.05, 0) is 13.3 Å². The third-order valence-corrected chi connectivity index (χ3v) is 2.05. The van der Waals surface area contributed by atoms with Crippen LogP contribution in [0.1, 0.15) is 39.5 Å². The molecular formula is C9H18NS. The molecule has 65 valence electrons. The lowest BCUT2D eigenvalue weighted by Crippen LogP contribution is -2.21. The molecule has 0 aromatic rings. The van der Waals surface area contributed by atoms with E-state index in [2.05, 4.69) is 24.2 Å². The van der Waals surface area contributed by atoms with Crippen molar-refractivity contribution >= 4 is 17.7 Å². The molecule has 0 aromatic heterocycles. The van der Waals surface area contributed by atoms with E-state index in [9.17, 15) is 0 Å². The molecule has 0 aliphatic rings. The van der Waals surface area contributed by atoms with Crippen LogP contribution >= 0.6 is 12.2 Å². The van der Waals surface area contributed by atoms with Gasteiger partial charge < -0.3 is 4.90 Å². The largest absolute Gasteiger partial charge is 0.361 e. The molecule has 0 amide bonds. The molecule has 0 aromatic carbocycles. The van der Waals surface area contributed by atoms with Crippen LogP contribution in [0.3, 0.4) is 0 Å². The van der Waals surface area contributed by atoms with Crippen molar-refractivity contribution in [2.24, 2.45) is 0 Å². The van der Waals surface area contributed by atoms with Crippen LogP contribution in [0.5, 0.6) is 0 Å². The number of thiocarbonyl (C=S) groups is 1. The number of nitrogens with zero attached hydrogens (tertiary/aromatic N) is 1. The number of hydrogen-bond acceptors (Lipinski definition) is 1. The predicted octanol–water partition coefficient (Wildman–Crippen LogP) is 2.72. The van der Waals surface area contributed by atoms with Crippen LogP contribution in [0.15, 0.2) is 0 Å². The van der Waals surface area contributed by atoms with Crippen LogP contribution in [0.4, 0.5) is 0 Å². The van der Waals surface area contributed by atoms with Gasteiger partial charge in [0.2, 0.25) is 0 Å². The highest BCUT2D eigenvalue weighted by molar-refractivity contribution is 7.78. The summed E-state index contributed by atoms with van der Waals surface area (Å²) < 4.78 is 0. The first-order chi connectivity index (χ1) is 5.35. The summed E-state index contributed by atoms with van der Waals surface area (Å²) in [5, 5.41) is 0. The third-order valence-electron chi connectivity index (χ3n) is 1.79. The summed E-state index contributed by atoms with van der Waals surface area (Å²) in [6.45, 7) is 6.41. The lowest BCUT2D eigenvalue weighted by molar-refractivity contribution is 0.436. The second-order valence-electron chi connectivity index (χ2n) is 2.73. The fourth-order valence-corrected chi connectivity index (χ4v) is 1.22. The third kappa shape index (κ3) is 6.29. The Bertz CT molecular complexity index is 93.6. The van der Waals surface area contributed by atoms with Gasteiger partial charge in [-0.25, -0.2) is 0 Å². The predicted molar refractivity (Wildman–Crippen MR) is 54.0 cm³/mol. The van der Waals surface area contributed by atoms with Crippen LogP contribution in [0.2, 0.25) is 0 Å². The minimum absolute atomic E-state index is 0.996. The van der Waals surface area contributed by atoms with E-state index in [4.69, 9.17) is 12.2 Å². The minimum atomic E-state index is 0.996. The Morgan fingerprint density at radius 3 is 2.36 bits per heavy atom. The summed E-state index contributed by atoms with van der Waals surface area (Å²) in [5.41, 5.74) is 2.75. The molecular weight excluding hydrogens is 154 g/mol. The summed E-state index contributed by atoms with van der Waals surface area (Å²) in [6.07, 6.45) is 5.22. The smallest absolute Gasteiger partial charge is 0.136 e. The summed E-state index contributed by atoms with van der Waals surface area (Å²) in [4.78, 5) is 2.06. The quantitative estimate of drug-likeness (QED) is 0.330. The molecule has 0 aliphatic carbocycles. The molecule has 0 atom stereocenters. The van der Waals surface area contributed by atoms with E-state index in [1.165, 1.54) is 25.7 Å². The maximum Gasteiger partial charge on any atom is 0.136 e. The molecule has 0 heterocycles. The lowest BCUT2D eigenvalue weighted by atomic mass is 10.2. The van der Waals surface area contributed by atoms with E-state index in [0.29, 0.717) is 0 Å². The SMILES string of the molecule is CCCCCCN([C]=S)CC. The van der Waals surface area contributed by atoms with E-state index < -0.39 is 0 Å². The van der Waals surface area contributed by atoms with Crippen molar-refractivity contribution in [3.05, 3.63) is 0 Å². The molecule has 2 heteroatoms. The van der Waals surface area contributed by atoms with E-state index in [1.807, 2.05) is 0 Å². The fourth-order valence-electron chi connectivity index (χ4n) is 0.998. The standard InChI is InChI=1S/C9H18NS/c1-3-5-6-7-8-10(4-2)9-11/h3-8H2,1-2H3. The van der Waals surface area contributed by atoms with Gasteiger partial charge in [-0.15, -0.1) is 0 Å². The zero-order valence-corrected chi connectivity index (χ0v) is 8.41. The first kappa shape index (κ1) is 10.9. The monoisotopic (exact) mass is 172 g/mol. The lowest BCUT2D eigenvalue weighted by Gasteiger charge is -2.14. The second kappa shape index (κ2) is 7.99. The summed E-state index contributed by atoms with van der Waals surface area (Å²) in [6, 6.07) is 0. The Kier molecular flexibility index (Phi) is 7.91. The number of rotatable bonds is 7.